The number of alkyl halides is 3. The highest BCUT2D eigenvalue weighted by Gasteiger charge is 2.33. The molecule has 2 N–H and O–H groups in total. The van der Waals surface area contributed by atoms with E-state index in [4.69, 9.17) is 5.11 Å². The molecule has 2 rings (SSSR count). The van der Waals surface area contributed by atoms with E-state index < -0.39 is 17.6 Å². The maximum Gasteiger partial charge on any atom is 0.416 e. The number of phenols is 1. The van der Waals surface area contributed by atoms with Gasteiger partial charge in [0.05, 0.1) is 5.56 Å². The van der Waals surface area contributed by atoms with Crippen LogP contribution in [0, 0.1) is 5.82 Å². The van der Waals surface area contributed by atoms with Gasteiger partial charge in [-0.3, -0.25) is 0 Å². The summed E-state index contributed by atoms with van der Waals surface area (Å²) < 4.78 is 51.4. The molecule has 0 saturated heterocycles. The minimum Gasteiger partial charge on any atom is -0.508 e. The molecule has 0 radical (unpaired) electrons. The predicted octanol–water partition coefficient (Wildman–Crippen LogP) is 3.84. The number of phenolic OH excluding ortho intramolecular Hbond substituents is 1. The lowest BCUT2D eigenvalue weighted by molar-refractivity contribution is -0.138. The third-order valence-corrected chi connectivity index (χ3v) is 2.96. The molecule has 0 bridgehead atoms. The summed E-state index contributed by atoms with van der Waals surface area (Å²) in [5, 5.41) is 12.0. The molecule has 2 nitrogen and oxygen atoms in total. The first-order valence-corrected chi connectivity index (χ1v) is 6.20. The maximum atomic E-state index is 13.0. The molecule has 112 valence electrons. The first kappa shape index (κ1) is 15.3. The van der Waals surface area contributed by atoms with Crippen molar-refractivity contribution in [1.82, 2.24) is 5.32 Å². The van der Waals surface area contributed by atoms with Gasteiger partial charge in [-0.25, -0.2) is 4.39 Å². The molecule has 2 aromatic rings. The van der Waals surface area contributed by atoms with E-state index in [2.05, 4.69) is 5.32 Å². The molecule has 0 aliphatic carbocycles. The fraction of sp³-hybridized carbons (Fsp3) is 0.200. The number of rotatable bonds is 4. The van der Waals surface area contributed by atoms with Crippen molar-refractivity contribution in [3.05, 3.63) is 65.0 Å². The van der Waals surface area contributed by atoms with Gasteiger partial charge in [0.1, 0.15) is 11.6 Å². The lowest BCUT2D eigenvalue weighted by Gasteiger charge is -2.13. The lowest BCUT2D eigenvalue weighted by Crippen LogP contribution is -2.17. The zero-order chi connectivity index (χ0) is 15.5. The fourth-order valence-electron chi connectivity index (χ4n) is 1.92. The molecule has 0 amide bonds. The van der Waals surface area contributed by atoms with Crippen LogP contribution in [0.15, 0.2) is 42.5 Å². The van der Waals surface area contributed by atoms with E-state index in [9.17, 15) is 17.6 Å². The molecular weight excluding hydrogens is 286 g/mol. The summed E-state index contributed by atoms with van der Waals surface area (Å²) in [6.45, 7) is 0.310. The molecule has 0 saturated carbocycles. The first-order chi connectivity index (χ1) is 9.86. The quantitative estimate of drug-likeness (QED) is 0.841. The van der Waals surface area contributed by atoms with E-state index in [1.165, 1.54) is 12.1 Å². The Hall–Kier alpha value is -2.08. The highest BCUT2D eigenvalue weighted by atomic mass is 19.4. The third-order valence-electron chi connectivity index (χ3n) is 2.96. The molecule has 0 fully saturated rings. The van der Waals surface area contributed by atoms with E-state index in [-0.39, 0.29) is 17.9 Å². The summed E-state index contributed by atoms with van der Waals surface area (Å²) in [6.07, 6.45) is -4.59. The van der Waals surface area contributed by atoms with Crippen LogP contribution in [0.5, 0.6) is 5.75 Å². The SMILES string of the molecule is Oc1ccc(CNCc2ccc(F)cc2C(F)(F)F)cc1. The minimum absolute atomic E-state index is 0.0114. The second kappa shape index (κ2) is 6.13. The number of benzene rings is 2. The van der Waals surface area contributed by atoms with E-state index in [1.54, 1.807) is 12.1 Å². The van der Waals surface area contributed by atoms with Gasteiger partial charge in [-0.15, -0.1) is 0 Å². The molecular formula is C15H13F4NO. The summed E-state index contributed by atoms with van der Waals surface area (Å²) in [6, 6.07) is 8.95. The van der Waals surface area contributed by atoms with Gasteiger partial charge in [0.2, 0.25) is 0 Å². The average Bonchev–Trinajstić information content (AvgIpc) is 2.41. The summed E-state index contributed by atoms with van der Waals surface area (Å²) in [7, 11) is 0. The normalized spacial score (nSPS) is 11.6. The molecule has 0 aliphatic rings. The van der Waals surface area contributed by atoms with Crippen LogP contribution >= 0.6 is 0 Å². The number of nitrogens with one attached hydrogen (secondary N) is 1. The van der Waals surface area contributed by atoms with Crippen molar-refractivity contribution in [2.45, 2.75) is 19.3 Å². The Labute approximate surface area is 119 Å². The Balaban J connectivity index is 2.05. The molecule has 21 heavy (non-hydrogen) atoms. The van der Waals surface area contributed by atoms with Crippen LogP contribution < -0.4 is 5.32 Å². The number of halogens is 4. The Morgan fingerprint density at radius 2 is 1.62 bits per heavy atom. The number of aromatic hydroxyl groups is 1. The zero-order valence-electron chi connectivity index (χ0n) is 10.9. The topological polar surface area (TPSA) is 32.3 Å². The van der Waals surface area contributed by atoms with Crippen LogP contribution in [0.25, 0.3) is 0 Å². The van der Waals surface area contributed by atoms with E-state index in [1.807, 2.05) is 0 Å². The third kappa shape index (κ3) is 4.19. The average molecular weight is 299 g/mol. The van der Waals surface area contributed by atoms with Crippen molar-refractivity contribution in [2.24, 2.45) is 0 Å². The van der Waals surface area contributed by atoms with Gasteiger partial charge >= 0.3 is 6.18 Å². The van der Waals surface area contributed by atoms with Gasteiger partial charge in [0.15, 0.2) is 0 Å². The number of hydrogen-bond acceptors (Lipinski definition) is 2. The van der Waals surface area contributed by atoms with Crippen molar-refractivity contribution < 1.29 is 22.7 Å². The van der Waals surface area contributed by atoms with Crippen LogP contribution in [-0.4, -0.2) is 5.11 Å². The van der Waals surface area contributed by atoms with E-state index in [0.29, 0.717) is 12.6 Å². The molecule has 0 atom stereocenters. The predicted molar refractivity (Wildman–Crippen MR) is 70.1 cm³/mol. The highest BCUT2D eigenvalue weighted by Crippen LogP contribution is 2.32. The molecule has 0 aliphatic heterocycles. The second-order valence-corrected chi connectivity index (χ2v) is 4.57. The Morgan fingerprint density at radius 3 is 2.24 bits per heavy atom. The Kier molecular flexibility index (Phi) is 4.47. The van der Waals surface area contributed by atoms with Crippen LogP contribution in [0.1, 0.15) is 16.7 Å². The Morgan fingerprint density at radius 1 is 0.952 bits per heavy atom. The maximum absolute atomic E-state index is 13.0. The van der Waals surface area contributed by atoms with Gasteiger partial charge in [-0.1, -0.05) is 18.2 Å². The van der Waals surface area contributed by atoms with Gasteiger partial charge in [0, 0.05) is 13.1 Å². The lowest BCUT2D eigenvalue weighted by atomic mass is 10.1. The minimum atomic E-state index is -4.59. The first-order valence-electron chi connectivity index (χ1n) is 6.20. The van der Waals surface area contributed by atoms with Crippen molar-refractivity contribution in [3.63, 3.8) is 0 Å². The summed E-state index contributed by atoms with van der Waals surface area (Å²) in [5.41, 5.74) is -0.160. The van der Waals surface area contributed by atoms with Gasteiger partial charge in [0.25, 0.3) is 0 Å². The summed E-state index contributed by atoms with van der Waals surface area (Å²) in [5.74, 6) is -0.791. The molecule has 0 unspecified atom stereocenters. The van der Waals surface area contributed by atoms with Crippen LogP contribution in [0.2, 0.25) is 0 Å². The monoisotopic (exact) mass is 299 g/mol. The van der Waals surface area contributed by atoms with Crippen molar-refractivity contribution >= 4 is 0 Å². The molecule has 0 heterocycles. The van der Waals surface area contributed by atoms with Crippen molar-refractivity contribution in [1.29, 1.82) is 0 Å². The highest BCUT2D eigenvalue weighted by molar-refractivity contribution is 5.30. The fourth-order valence-corrected chi connectivity index (χ4v) is 1.92. The van der Waals surface area contributed by atoms with E-state index >= 15 is 0 Å². The van der Waals surface area contributed by atoms with Crippen LogP contribution in [0.4, 0.5) is 17.6 Å². The molecule has 0 spiro atoms. The zero-order valence-corrected chi connectivity index (χ0v) is 10.9. The molecule has 2 aromatic carbocycles. The summed E-state index contributed by atoms with van der Waals surface area (Å²) >= 11 is 0. The Bertz CT molecular complexity index is 608. The number of hydrogen-bond donors (Lipinski definition) is 2. The standard InChI is InChI=1S/C15H13F4NO/c16-12-4-3-11(14(7-12)15(17,18)19)9-20-8-10-1-5-13(21)6-2-10/h1-7,20-21H,8-9H2. The largest absolute Gasteiger partial charge is 0.508 e. The van der Waals surface area contributed by atoms with E-state index in [0.717, 1.165) is 17.7 Å². The van der Waals surface area contributed by atoms with Crippen LogP contribution in [0.3, 0.4) is 0 Å². The van der Waals surface area contributed by atoms with Gasteiger partial charge in [-0.2, -0.15) is 13.2 Å². The molecule has 0 aromatic heterocycles. The molecule has 6 heteroatoms. The van der Waals surface area contributed by atoms with Crippen LogP contribution in [-0.2, 0) is 19.3 Å². The van der Waals surface area contributed by atoms with Gasteiger partial charge in [-0.05, 0) is 35.4 Å². The van der Waals surface area contributed by atoms with Gasteiger partial charge < -0.3 is 10.4 Å². The summed E-state index contributed by atoms with van der Waals surface area (Å²) in [4.78, 5) is 0. The smallest absolute Gasteiger partial charge is 0.416 e. The second-order valence-electron chi connectivity index (χ2n) is 4.57. The van der Waals surface area contributed by atoms with Crippen molar-refractivity contribution in [3.8, 4) is 5.75 Å². The van der Waals surface area contributed by atoms with Crippen molar-refractivity contribution in [2.75, 3.05) is 0 Å².